The van der Waals surface area contributed by atoms with Gasteiger partial charge in [-0.05, 0) is 7.05 Å². The molecule has 0 amide bonds. The molecule has 4 nitrogen and oxygen atoms in total. The predicted molar refractivity (Wildman–Crippen MR) is 47.4 cm³/mol. The molecule has 15 heavy (non-hydrogen) atoms. The summed E-state index contributed by atoms with van der Waals surface area (Å²) in [5.41, 5.74) is -0.282. The van der Waals surface area contributed by atoms with Crippen LogP contribution in [0.4, 0.5) is 13.2 Å². The van der Waals surface area contributed by atoms with Crippen molar-refractivity contribution in [3.8, 4) is 0 Å². The van der Waals surface area contributed by atoms with Gasteiger partial charge in [0.05, 0.1) is 5.69 Å². The highest BCUT2D eigenvalue weighted by molar-refractivity contribution is 5.03. The summed E-state index contributed by atoms with van der Waals surface area (Å²) in [5.74, 6) is -0.361. The number of halogens is 3. The van der Waals surface area contributed by atoms with Crippen LogP contribution in [0.2, 0.25) is 0 Å². The molecule has 2 N–H and O–H groups in total. The molecule has 0 aliphatic carbocycles. The maximum absolute atomic E-state index is 12.0. The molecule has 0 unspecified atom stereocenters. The maximum atomic E-state index is 12.0. The zero-order valence-corrected chi connectivity index (χ0v) is 7.98. The topological polar surface area (TPSA) is 57.8 Å². The van der Waals surface area contributed by atoms with E-state index in [1.54, 1.807) is 7.05 Å². The number of aromatic amines is 1. The number of rotatable bonds is 3. The van der Waals surface area contributed by atoms with Crippen molar-refractivity contribution < 1.29 is 13.2 Å². The summed E-state index contributed by atoms with van der Waals surface area (Å²) in [6, 6.07) is 1.16. The molecule has 0 aliphatic rings. The lowest BCUT2D eigenvalue weighted by atomic mass is 10.3. The molecule has 1 heterocycles. The Bertz CT molecular complexity index is 385. The van der Waals surface area contributed by atoms with Gasteiger partial charge in [0.25, 0.3) is 5.56 Å². The summed E-state index contributed by atoms with van der Waals surface area (Å²) in [6.45, 7) is 0.259. The number of nitrogens with one attached hydrogen (secondary N) is 2. The van der Waals surface area contributed by atoms with Crippen LogP contribution in [-0.4, -0.2) is 23.2 Å². The van der Waals surface area contributed by atoms with Crippen LogP contribution in [0.5, 0.6) is 0 Å². The van der Waals surface area contributed by atoms with Gasteiger partial charge in [0, 0.05) is 12.6 Å². The quantitative estimate of drug-likeness (QED) is 0.785. The normalized spacial score (nSPS) is 11.7. The highest BCUT2D eigenvalue weighted by Gasteiger charge is 2.29. The van der Waals surface area contributed by atoms with Gasteiger partial charge in [-0.3, -0.25) is 4.79 Å². The van der Waals surface area contributed by atoms with Crippen molar-refractivity contribution in [2.45, 2.75) is 19.1 Å². The minimum atomic E-state index is -4.37. The minimum absolute atomic E-state index is 0.259. The van der Waals surface area contributed by atoms with E-state index in [0.717, 1.165) is 6.07 Å². The number of hydrogen-bond acceptors (Lipinski definition) is 3. The molecule has 0 atom stereocenters. The second-order valence-corrected chi connectivity index (χ2v) is 3.01. The van der Waals surface area contributed by atoms with E-state index in [4.69, 9.17) is 0 Å². The average Bonchev–Trinajstić information content (AvgIpc) is 1.99. The fourth-order valence-corrected chi connectivity index (χ4v) is 1.11. The third-order valence-electron chi connectivity index (χ3n) is 1.57. The molecule has 84 valence electrons. The molecule has 0 aromatic carbocycles. The van der Waals surface area contributed by atoms with Gasteiger partial charge in [0.15, 0.2) is 0 Å². The van der Waals surface area contributed by atoms with Crippen LogP contribution in [-0.2, 0) is 13.0 Å². The number of alkyl halides is 3. The molecular formula is C8H10F3N3O. The largest absolute Gasteiger partial charge is 0.396 e. The Kier molecular flexibility index (Phi) is 3.46. The molecule has 0 aliphatic heterocycles. The van der Waals surface area contributed by atoms with Crippen molar-refractivity contribution >= 4 is 0 Å². The van der Waals surface area contributed by atoms with Crippen LogP contribution >= 0.6 is 0 Å². The van der Waals surface area contributed by atoms with Crippen molar-refractivity contribution in [3.63, 3.8) is 0 Å². The van der Waals surface area contributed by atoms with Gasteiger partial charge in [0.2, 0.25) is 0 Å². The van der Waals surface area contributed by atoms with E-state index in [0.29, 0.717) is 5.69 Å². The summed E-state index contributed by atoms with van der Waals surface area (Å²) in [7, 11) is 1.62. The number of hydrogen-bond donors (Lipinski definition) is 2. The van der Waals surface area contributed by atoms with Gasteiger partial charge >= 0.3 is 6.18 Å². The molecule has 1 aromatic rings. The molecule has 0 saturated carbocycles. The van der Waals surface area contributed by atoms with E-state index in [2.05, 4.69) is 10.3 Å². The van der Waals surface area contributed by atoms with E-state index < -0.39 is 18.2 Å². The fraction of sp³-hybridized carbons (Fsp3) is 0.500. The van der Waals surface area contributed by atoms with E-state index in [9.17, 15) is 18.0 Å². The lowest BCUT2D eigenvalue weighted by Crippen LogP contribution is -2.21. The maximum Gasteiger partial charge on any atom is 0.396 e. The highest BCUT2D eigenvalue weighted by atomic mass is 19.4. The van der Waals surface area contributed by atoms with Gasteiger partial charge in [-0.2, -0.15) is 13.2 Å². The molecular weight excluding hydrogens is 211 g/mol. The molecule has 0 fully saturated rings. The third-order valence-corrected chi connectivity index (χ3v) is 1.57. The minimum Gasteiger partial charge on any atom is -0.314 e. The molecule has 0 bridgehead atoms. The van der Waals surface area contributed by atoms with E-state index in [1.165, 1.54) is 0 Å². The van der Waals surface area contributed by atoms with Crippen molar-refractivity contribution in [3.05, 3.63) is 27.9 Å². The van der Waals surface area contributed by atoms with Crippen LogP contribution in [0.1, 0.15) is 11.5 Å². The summed E-state index contributed by atoms with van der Waals surface area (Å²) >= 11 is 0. The van der Waals surface area contributed by atoms with Crippen LogP contribution in [0.15, 0.2) is 10.9 Å². The molecule has 1 rings (SSSR count). The molecule has 0 spiro atoms. The van der Waals surface area contributed by atoms with Crippen LogP contribution in [0, 0.1) is 0 Å². The van der Waals surface area contributed by atoms with Crippen molar-refractivity contribution in [1.82, 2.24) is 15.3 Å². The first-order valence-corrected chi connectivity index (χ1v) is 4.21. The first-order chi connectivity index (χ1) is 6.90. The first kappa shape index (κ1) is 11.7. The monoisotopic (exact) mass is 221 g/mol. The predicted octanol–water partition coefficient (Wildman–Crippen LogP) is 0.594. The number of nitrogens with zero attached hydrogens (tertiary/aromatic N) is 1. The van der Waals surface area contributed by atoms with Crippen molar-refractivity contribution in [2.24, 2.45) is 0 Å². The average molecular weight is 221 g/mol. The molecule has 7 heteroatoms. The lowest BCUT2D eigenvalue weighted by molar-refractivity contribution is -0.128. The SMILES string of the molecule is CNCc1cc(=O)[nH]c(CC(F)(F)F)n1. The zero-order valence-electron chi connectivity index (χ0n) is 7.98. The molecule has 0 radical (unpaired) electrons. The summed E-state index contributed by atoms with van der Waals surface area (Å²) in [6.07, 6.45) is -5.59. The van der Waals surface area contributed by atoms with Gasteiger partial charge in [-0.25, -0.2) is 4.98 Å². The Labute approximate surface area is 83.5 Å². The summed E-state index contributed by atoms with van der Waals surface area (Å²) < 4.78 is 36.0. The standard InChI is InChI=1S/C8H10F3N3O/c1-12-4-5-2-7(15)14-6(13-5)3-8(9,10)11/h2,12H,3-4H2,1H3,(H,13,14,15). The fourth-order valence-electron chi connectivity index (χ4n) is 1.11. The second-order valence-electron chi connectivity index (χ2n) is 3.01. The van der Waals surface area contributed by atoms with E-state index >= 15 is 0 Å². The Morgan fingerprint density at radius 2 is 2.20 bits per heavy atom. The smallest absolute Gasteiger partial charge is 0.314 e. The van der Waals surface area contributed by atoms with Gasteiger partial charge in [0.1, 0.15) is 12.2 Å². The lowest BCUT2D eigenvalue weighted by Gasteiger charge is -2.06. The van der Waals surface area contributed by atoms with E-state index in [-0.39, 0.29) is 12.4 Å². The highest BCUT2D eigenvalue weighted by Crippen LogP contribution is 2.18. The van der Waals surface area contributed by atoms with Gasteiger partial charge in [-0.1, -0.05) is 0 Å². The first-order valence-electron chi connectivity index (χ1n) is 4.21. The number of aromatic nitrogens is 2. The summed E-state index contributed by atoms with van der Waals surface area (Å²) in [5, 5.41) is 2.70. The second kappa shape index (κ2) is 4.43. The number of H-pyrrole nitrogens is 1. The van der Waals surface area contributed by atoms with Crippen molar-refractivity contribution in [2.75, 3.05) is 7.05 Å². The van der Waals surface area contributed by atoms with Gasteiger partial charge in [-0.15, -0.1) is 0 Å². The van der Waals surface area contributed by atoms with Gasteiger partial charge < -0.3 is 10.3 Å². The Morgan fingerprint density at radius 1 is 1.53 bits per heavy atom. The Balaban J connectivity index is 2.94. The van der Waals surface area contributed by atoms with Crippen molar-refractivity contribution in [1.29, 1.82) is 0 Å². The van der Waals surface area contributed by atoms with Crippen LogP contribution in [0.3, 0.4) is 0 Å². The van der Waals surface area contributed by atoms with Crippen LogP contribution in [0.25, 0.3) is 0 Å². The molecule has 1 aromatic heterocycles. The zero-order chi connectivity index (χ0) is 11.5. The summed E-state index contributed by atoms with van der Waals surface area (Å²) in [4.78, 5) is 16.7. The Morgan fingerprint density at radius 3 is 2.73 bits per heavy atom. The van der Waals surface area contributed by atoms with Crippen LogP contribution < -0.4 is 10.9 Å². The van der Waals surface area contributed by atoms with E-state index in [1.807, 2.05) is 4.98 Å². The third kappa shape index (κ3) is 4.11. The Hall–Kier alpha value is -1.37. The molecule has 0 saturated heterocycles.